The van der Waals surface area contributed by atoms with Crippen molar-refractivity contribution in [3.8, 4) is 0 Å². The van der Waals surface area contributed by atoms with Gasteiger partial charge in [-0.1, -0.05) is 6.58 Å². The second kappa shape index (κ2) is 7.80. The summed E-state index contributed by atoms with van der Waals surface area (Å²) in [6, 6.07) is 6.03. The number of anilines is 3. The first-order valence-electron chi connectivity index (χ1n) is 9.51. The number of aromatic nitrogens is 2. The van der Waals surface area contributed by atoms with Crippen LogP contribution in [-0.4, -0.2) is 29.6 Å². The minimum Gasteiger partial charge on any atom is -0.369 e. The first-order chi connectivity index (χ1) is 13.2. The highest BCUT2D eigenvalue weighted by molar-refractivity contribution is 5.84. The molecule has 0 amide bonds. The van der Waals surface area contributed by atoms with Crippen LogP contribution in [0.25, 0.3) is 11.8 Å². The fourth-order valence-electron chi connectivity index (χ4n) is 3.57. The molecule has 2 aromatic rings. The molecule has 0 radical (unpaired) electrons. The lowest BCUT2D eigenvalue weighted by Gasteiger charge is -2.25. The second-order valence-electron chi connectivity index (χ2n) is 7.19. The van der Waals surface area contributed by atoms with Crippen LogP contribution in [0.1, 0.15) is 29.5 Å². The van der Waals surface area contributed by atoms with Crippen molar-refractivity contribution in [2.45, 2.75) is 19.8 Å². The van der Waals surface area contributed by atoms with Gasteiger partial charge in [-0.3, -0.25) is 0 Å². The molecular formula is C21H26N6. The lowest BCUT2D eigenvalue weighted by molar-refractivity contribution is 0.389. The molecule has 1 saturated heterocycles. The Morgan fingerprint density at radius 3 is 2.89 bits per heavy atom. The summed E-state index contributed by atoms with van der Waals surface area (Å²) < 4.78 is 0. The molecule has 0 atom stereocenters. The van der Waals surface area contributed by atoms with E-state index in [-0.39, 0.29) is 0 Å². The van der Waals surface area contributed by atoms with E-state index in [1.165, 1.54) is 12.8 Å². The first kappa shape index (κ1) is 17.5. The smallest absolute Gasteiger partial charge is 0.138 e. The van der Waals surface area contributed by atoms with Crippen LogP contribution in [0.3, 0.4) is 0 Å². The summed E-state index contributed by atoms with van der Waals surface area (Å²) in [6.07, 6.45) is 8.16. The van der Waals surface area contributed by atoms with E-state index in [1.807, 2.05) is 24.4 Å². The molecule has 4 heterocycles. The number of nitrogens with one attached hydrogen (secondary N) is 4. The van der Waals surface area contributed by atoms with Crippen molar-refractivity contribution in [1.82, 2.24) is 20.6 Å². The van der Waals surface area contributed by atoms with Crippen LogP contribution in [0.15, 0.2) is 37.2 Å². The fraction of sp³-hybridized carbons (Fsp3) is 0.333. The predicted octanol–water partition coefficient (Wildman–Crippen LogP) is 3.48. The van der Waals surface area contributed by atoms with E-state index in [0.717, 1.165) is 59.5 Å². The normalized spacial score (nSPS) is 16.6. The van der Waals surface area contributed by atoms with Gasteiger partial charge in [-0.2, -0.15) is 0 Å². The van der Waals surface area contributed by atoms with Gasteiger partial charge >= 0.3 is 0 Å². The summed E-state index contributed by atoms with van der Waals surface area (Å²) in [5.74, 6) is 3.10. The highest BCUT2D eigenvalue weighted by Gasteiger charge is 2.19. The molecule has 6 nitrogen and oxygen atoms in total. The molecule has 2 aromatic heterocycles. The average molecular weight is 362 g/mol. The minimum absolute atomic E-state index is 0.666. The third-order valence-corrected chi connectivity index (χ3v) is 5.06. The molecule has 0 aromatic carbocycles. The van der Waals surface area contributed by atoms with Crippen molar-refractivity contribution >= 4 is 29.2 Å². The van der Waals surface area contributed by atoms with Gasteiger partial charge in [0, 0.05) is 30.2 Å². The summed E-state index contributed by atoms with van der Waals surface area (Å²) in [4.78, 5) is 9.22. The average Bonchev–Trinajstić information content (AvgIpc) is 2.67. The van der Waals surface area contributed by atoms with Gasteiger partial charge in [0.1, 0.15) is 17.5 Å². The maximum absolute atomic E-state index is 4.83. The van der Waals surface area contributed by atoms with Crippen LogP contribution < -0.4 is 21.3 Å². The fourth-order valence-corrected chi connectivity index (χ4v) is 3.57. The summed E-state index contributed by atoms with van der Waals surface area (Å²) in [5.41, 5.74) is 4.16. The van der Waals surface area contributed by atoms with Gasteiger partial charge in [0.15, 0.2) is 0 Å². The molecule has 27 heavy (non-hydrogen) atoms. The van der Waals surface area contributed by atoms with E-state index >= 15 is 0 Å². The van der Waals surface area contributed by atoms with E-state index in [9.17, 15) is 0 Å². The Labute approximate surface area is 160 Å². The predicted molar refractivity (Wildman–Crippen MR) is 112 cm³/mol. The molecule has 0 aliphatic carbocycles. The number of fused-ring (bicyclic) bond motifs is 1. The van der Waals surface area contributed by atoms with Crippen LogP contribution in [-0.2, 0) is 0 Å². The van der Waals surface area contributed by atoms with Gasteiger partial charge in [-0.15, -0.1) is 0 Å². The van der Waals surface area contributed by atoms with Crippen molar-refractivity contribution < 1.29 is 0 Å². The number of nitrogens with zero attached hydrogens (tertiary/aromatic N) is 2. The molecular weight excluding hydrogens is 336 g/mol. The molecule has 1 fully saturated rings. The molecule has 2 aliphatic heterocycles. The number of hydrogen-bond acceptors (Lipinski definition) is 6. The zero-order valence-corrected chi connectivity index (χ0v) is 15.7. The quantitative estimate of drug-likeness (QED) is 0.653. The van der Waals surface area contributed by atoms with Crippen LogP contribution in [0.4, 0.5) is 17.5 Å². The standard InChI is InChI=1S/C21H26N6/c1-14-3-9-24-18(11-14)26-19-12-17-6-10-23-15(2)20(17)21(27-19)25-13-16-4-7-22-8-5-16/h3,6,9-12,16,22-23H,2,4-5,7-8,13H2,1H3,(H2,24,25,26,27). The third-order valence-electron chi connectivity index (χ3n) is 5.06. The molecule has 0 unspecified atom stereocenters. The van der Waals surface area contributed by atoms with E-state index < -0.39 is 0 Å². The first-order valence-corrected chi connectivity index (χ1v) is 9.51. The summed E-state index contributed by atoms with van der Waals surface area (Å²) in [5, 5.41) is 13.5. The maximum Gasteiger partial charge on any atom is 0.138 e. The molecule has 4 rings (SSSR count). The summed E-state index contributed by atoms with van der Waals surface area (Å²) in [7, 11) is 0. The zero-order valence-electron chi connectivity index (χ0n) is 15.7. The Hall–Kier alpha value is -2.86. The van der Waals surface area contributed by atoms with Crippen molar-refractivity contribution in [1.29, 1.82) is 0 Å². The van der Waals surface area contributed by atoms with Crippen LogP contribution in [0, 0.1) is 12.8 Å². The largest absolute Gasteiger partial charge is 0.369 e. The van der Waals surface area contributed by atoms with E-state index in [0.29, 0.717) is 5.92 Å². The minimum atomic E-state index is 0.666. The summed E-state index contributed by atoms with van der Waals surface area (Å²) in [6.45, 7) is 9.31. The highest BCUT2D eigenvalue weighted by atomic mass is 15.1. The van der Waals surface area contributed by atoms with Gasteiger partial charge in [0.2, 0.25) is 0 Å². The monoisotopic (exact) mass is 362 g/mol. The Morgan fingerprint density at radius 2 is 2.07 bits per heavy atom. The Kier molecular flexibility index (Phi) is 5.07. The van der Waals surface area contributed by atoms with Crippen molar-refractivity contribution in [3.05, 3.63) is 53.9 Å². The topological polar surface area (TPSA) is 73.9 Å². The number of aryl methyl sites for hydroxylation is 1. The maximum atomic E-state index is 4.83. The van der Waals surface area contributed by atoms with Gasteiger partial charge in [0.05, 0.1) is 0 Å². The molecule has 6 heteroatoms. The molecule has 0 bridgehead atoms. The Morgan fingerprint density at radius 1 is 1.22 bits per heavy atom. The molecule has 2 aliphatic rings. The number of pyridine rings is 2. The van der Waals surface area contributed by atoms with Crippen LogP contribution >= 0.6 is 0 Å². The zero-order chi connectivity index (χ0) is 18.6. The summed E-state index contributed by atoms with van der Waals surface area (Å²) >= 11 is 0. The van der Waals surface area contributed by atoms with Crippen LogP contribution in [0.5, 0.6) is 0 Å². The van der Waals surface area contributed by atoms with E-state index in [2.05, 4.69) is 45.8 Å². The van der Waals surface area contributed by atoms with Crippen molar-refractivity contribution in [3.63, 3.8) is 0 Å². The van der Waals surface area contributed by atoms with E-state index in [1.54, 1.807) is 6.20 Å². The van der Waals surface area contributed by atoms with Crippen molar-refractivity contribution in [2.24, 2.45) is 5.92 Å². The molecule has 140 valence electrons. The van der Waals surface area contributed by atoms with Crippen LogP contribution in [0.2, 0.25) is 0 Å². The molecule has 4 N–H and O–H groups in total. The number of rotatable bonds is 5. The van der Waals surface area contributed by atoms with Gasteiger partial charge in [-0.05, 0) is 74.2 Å². The molecule has 0 saturated carbocycles. The number of hydrogen-bond donors (Lipinski definition) is 4. The van der Waals surface area contributed by atoms with Gasteiger partial charge < -0.3 is 21.3 Å². The van der Waals surface area contributed by atoms with Crippen molar-refractivity contribution in [2.75, 3.05) is 30.3 Å². The van der Waals surface area contributed by atoms with Gasteiger partial charge in [0.25, 0.3) is 0 Å². The molecule has 0 spiro atoms. The van der Waals surface area contributed by atoms with E-state index in [4.69, 9.17) is 4.98 Å². The second-order valence-corrected chi connectivity index (χ2v) is 7.19. The SMILES string of the molecule is C=C1NC=Cc2cc(Nc3cc(C)ccn3)nc(NCC3CCNCC3)c21. The Balaban J connectivity index is 1.61. The third kappa shape index (κ3) is 4.11. The number of piperidine rings is 1. The highest BCUT2D eigenvalue weighted by Crippen LogP contribution is 2.31. The van der Waals surface area contributed by atoms with Gasteiger partial charge in [-0.25, -0.2) is 9.97 Å². The lowest BCUT2D eigenvalue weighted by atomic mass is 9.97. The lowest BCUT2D eigenvalue weighted by Crippen LogP contribution is -2.31. The Bertz CT molecular complexity index is 867.